The number of hydrogen-bond acceptors (Lipinski definition) is 4. The van der Waals surface area contributed by atoms with Gasteiger partial charge in [-0.05, 0) is 24.1 Å². The van der Waals surface area contributed by atoms with E-state index in [-0.39, 0.29) is 21.9 Å². The van der Waals surface area contributed by atoms with Crippen LogP contribution in [0.1, 0.15) is 12.0 Å². The van der Waals surface area contributed by atoms with Gasteiger partial charge in [0.25, 0.3) is 0 Å². The molecule has 0 saturated heterocycles. The SMILES string of the molecule is COc1ccc(CCC(=O)Nc2c(Cl)ncnc2Cl)cc1. The fourth-order valence-corrected chi connectivity index (χ4v) is 2.11. The molecule has 1 aromatic heterocycles. The lowest BCUT2D eigenvalue weighted by Gasteiger charge is -2.08. The Morgan fingerprint density at radius 3 is 2.38 bits per heavy atom. The molecule has 2 aromatic rings. The summed E-state index contributed by atoms with van der Waals surface area (Å²) in [7, 11) is 1.61. The largest absolute Gasteiger partial charge is 0.497 e. The molecule has 110 valence electrons. The number of aryl methyl sites for hydroxylation is 1. The zero-order chi connectivity index (χ0) is 15.2. The van der Waals surface area contributed by atoms with Crippen molar-refractivity contribution in [1.29, 1.82) is 0 Å². The number of anilines is 1. The Hall–Kier alpha value is -1.85. The molecule has 1 aromatic carbocycles. The van der Waals surface area contributed by atoms with Crippen LogP contribution < -0.4 is 10.1 Å². The Morgan fingerprint density at radius 1 is 1.19 bits per heavy atom. The molecule has 0 fully saturated rings. The third-order valence-corrected chi connectivity index (χ3v) is 3.39. The minimum Gasteiger partial charge on any atom is -0.497 e. The maximum atomic E-state index is 11.9. The maximum absolute atomic E-state index is 11.9. The summed E-state index contributed by atoms with van der Waals surface area (Å²) in [6.45, 7) is 0. The number of benzene rings is 1. The van der Waals surface area contributed by atoms with Crippen molar-refractivity contribution in [2.24, 2.45) is 0 Å². The Kier molecular flexibility index (Phi) is 5.36. The highest BCUT2D eigenvalue weighted by atomic mass is 35.5. The van der Waals surface area contributed by atoms with Crippen molar-refractivity contribution in [2.45, 2.75) is 12.8 Å². The van der Waals surface area contributed by atoms with Crippen molar-refractivity contribution >= 4 is 34.8 Å². The van der Waals surface area contributed by atoms with Gasteiger partial charge in [0.15, 0.2) is 10.3 Å². The van der Waals surface area contributed by atoms with E-state index in [1.165, 1.54) is 6.33 Å². The number of nitrogens with one attached hydrogen (secondary N) is 1. The minimum absolute atomic E-state index is 0.118. The lowest BCUT2D eigenvalue weighted by atomic mass is 10.1. The molecule has 0 aliphatic rings. The van der Waals surface area contributed by atoms with Crippen LogP contribution in [0.2, 0.25) is 10.3 Å². The number of methoxy groups -OCH3 is 1. The van der Waals surface area contributed by atoms with E-state index in [9.17, 15) is 4.79 Å². The van der Waals surface area contributed by atoms with Crippen molar-refractivity contribution in [3.05, 3.63) is 46.5 Å². The maximum Gasteiger partial charge on any atom is 0.224 e. The fourth-order valence-electron chi connectivity index (χ4n) is 1.70. The number of ether oxygens (including phenoxy) is 1. The number of nitrogens with zero attached hydrogens (tertiary/aromatic N) is 2. The molecule has 1 heterocycles. The van der Waals surface area contributed by atoms with E-state index in [1.54, 1.807) is 7.11 Å². The van der Waals surface area contributed by atoms with Crippen LogP contribution in [-0.4, -0.2) is 23.0 Å². The van der Waals surface area contributed by atoms with Crippen LogP contribution in [0.25, 0.3) is 0 Å². The molecule has 0 atom stereocenters. The van der Waals surface area contributed by atoms with Gasteiger partial charge in [0, 0.05) is 6.42 Å². The smallest absolute Gasteiger partial charge is 0.224 e. The number of amides is 1. The van der Waals surface area contributed by atoms with Crippen LogP contribution in [0.15, 0.2) is 30.6 Å². The summed E-state index contributed by atoms with van der Waals surface area (Å²) >= 11 is 11.7. The molecule has 0 spiro atoms. The van der Waals surface area contributed by atoms with Crippen LogP contribution in [0.5, 0.6) is 5.75 Å². The molecule has 7 heteroatoms. The molecule has 5 nitrogen and oxygen atoms in total. The summed E-state index contributed by atoms with van der Waals surface area (Å²) in [6.07, 6.45) is 2.13. The lowest BCUT2D eigenvalue weighted by Crippen LogP contribution is -2.13. The van der Waals surface area contributed by atoms with Gasteiger partial charge in [0.2, 0.25) is 5.91 Å². The van der Waals surface area contributed by atoms with E-state index in [0.29, 0.717) is 12.8 Å². The average Bonchev–Trinajstić information content (AvgIpc) is 2.49. The van der Waals surface area contributed by atoms with Gasteiger partial charge < -0.3 is 10.1 Å². The number of carbonyl (C=O) groups excluding carboxylic acids is 1. The van der Waals surface area contributed by atoms with E-state index in [1.807, 2.05) is 24.3 Å². The molecule has 0 aliphatic carbocycles. The average molecular weight is 326 g/mol. The second-order valence-corrected chi connectivity index (χ2v) is 4.94. The van der Waals surface area contributed by atoms with E-state index >= 15 is 0 Å². The summed E-state index contributed by atoms with van der Waals surface area (Å²) in [6, 6.07) is 7.54. The number of carbonyl (C=O) groups is 1. The Labute approximate surface area is 132 Å². The molecule has 1 amide bonds. The first-order valence-electron chi connectivity index (χ1n) is 6.19. The summed E-state index contributed by atoms with van der Waals surface area (Å²) in [4.78, 5) is 19.4. The van der Waals surface area contributed by atoms with Crippen molar-refractivity contribution in [1.82, 2.24) is 9.97 Å². The van der Waals surface area contributed by atoms with Gasteiger partial charge in [-0.1, -0.05) is 35.3 Å². The van der Waals surface area contributed by atoms with Gasteiger partial charge in [-0.3, -0.25) is 4.79 Å². The fraction of sp³-hybridized carbons (Fsp3) is 0.214. The van der Waals surface area contributed by atoms with Crippen molar-refractivity contribution in [2.75, 3.05) is 12.4 Å². The summed E-state index contributed by atoms with van der Waals surface area (Å²) in [5, 5.41) is 2.86. The molecule has 0 unspecified atom stereocenters. The molecule has 0 aliphatic heterocycles. The second kappa shape index (κ2) is 7.24. The van der Waals surface area contributed by atoms with Crippen LogP contribution in [0.3, 0.4) is 0 Å². The standard InChI is InChI=1S/C14H13Cl2N3O2/c1-21-10-5-2-9(3-6-10)4-7-11(20)19-12-13(15)17-8-18-14(12)16/h2-3,5-6,8H,4,7H2,1H3,(H,19,20). The molecule has 0 saturated carbocycles. The normalized spacial score (nSPS) is 10.2. The summed E-state index contributed by atoms with van der Waals surface area (Å²) in [5.74, 6) is 0.576. The minimum atomic E-state index is -0.204. The molecule has 1 N–H and O–H groups in total. The number of aromatic nitrogens is 2. The Morgan fingerprint density at radius 2 is 1.81 bits per heavy atom. The predicted octanol–water partition coefficient (Wildman–Crippen LogP) is 3.36. The zero-order valence-corrected chi connectivity index (χ0v) is 12.8. The first-order valence-corrected chi connectivity index (χ1v) is 6.94. The van der Waals surface area contributed by atoms with Crippen molar-refractivity contribution in [3.8, 4) is 5.75 Å². The molecular formula is C14H13Cl2N3O2. The molecule has 21 heavy (non-hydrogen) atoms. The van der Waals surface area contributed by atoms with Crippen LogP contribution >= 0.6 is 23.2 Å². The second-order valence-electron chi connectivity index (χ2n) is 4.23. The number of hydrogen-bond donors (Lipinski definition) is 1. The third-order valence-electron chi connectivity index (χ3n) is 2.82. The van der Waals surface area contributed by atoms with Gasteiger partial charge in [-0.2, -0.15) is 0 Å². The highest BCUT2D eigenvalue weighted by Crippen LogP contribution is 2.25. The quantitative estimate of drug-likeness (QED) is 0.856. The van der Waals surface area contributed by atoms with Crippen molar-refractivity contribution in [3.63, 3.8) is 0 Å². The predicted molar refractivity (Wildman–Crippen MR) is 82.0 cm³/mol. The summed E-state index contributed by atoms with van der Waals surface area (Å²) in [5.41, 5.74) is 1.27. The Balaban J connectivity index is 1.92. The highest BCUT2D eigenvalue weighted by molar-refractivity contribution is 6.38. The lowest BCUT2D eigenvalue weighted by molar-refractivity contribution is -0.116. The molecule has 0 bridgehead atoms. The van der Waals surface area contributed by atoms with Gasteiger partial charge >= 0.3 is 0 Å². The van der Waals surface area contributed by atoms with Gasteiger partial charge in [0.05, 0.1) is 7.11 Å². The van der Waals surface area contributed by atoms with E-state index in [0.717, 1.165) is 11.3 Å². The topological polar surface area (TPSA) is 64.1 Å². The monoisotopic (exact) mass is 325 g/mol. The highest BCUT2D eigenvalue weighted by Gasteiger charge is 2.11. The first-order chi connectivity index (χ1) is 10.1. The van der Waals surface area contributed by atoms with Gasteiger partial charge in [-0.15, -0.1) is 0 Å². The van der Waals surface area contributed by atoms with Crippen LogP contribution in [-0.2, 0) is 11.2 Å². The molecular weight excluding hydrogens is 313 g/mol. The van der Waals surface area contributed by atoms with Gasteiger partial charge in [-0.25, -0.2) is 9.97 Å². The van der Waals surface area contributed by atoms with E-state index < -0.39 is 0 Å². The third kappa shape index (κ3) is 4.31. The van der Waals surface area contributed by atoms with Gasteiger partial charge in [0.1, 0.15) is 17.8 Å². The van der Waals surface area contributed by atoms with Crippen LogP contribution in [0.4, 0.5) is 5.69 Å². The van der Waals surface area contributed by atoms with E-state index in [2.05, 4.69) is 15.3 Å². The van der Waals surface area contributed by atoms with Crippen LogP contribution in [0, 0.1) is 0 Å². The van der Waals surface area contributed by atoms with Crippen molar-refractivity contribution < 1.29 is 9.53 Å². The van der Waals surface area contributed by atoms with E-state index in [4.69, 9.17) is 27.9 Å². The molecule has 0 radical (unpaired) electrons. The molecule has 2 rings (SSSR count). The summed E-state index contributed by atoms with van der Waals surface area (Å²) < 4.78 is 5.08. The zero-order valence-electron chi connectivity index (χ0n) is 11.3. The first kappa shape index (κ1) is 15.5. The number of halogens is 2. The number of rotatable bonds is 5. The Bertz CT molecular complexity index is 612.